The number of hydrogen-bond acceptors (Lipinski definition) is 3. The molecule has 1 aromatic heterocycles. The highest BCUT2D eigenvalue weighted by Crippen LogP contribution is 2.21. The summed E-state index contributed by atoms with van der Waals surface area (Å²) in [5.41, 5.74) is 2.98. The van der Waals surface area contributed by atoms with E-state index in [0.29, 0.717) is 0 Å². The third-order valence-corrected chi connectivity index (χ3v) is 3.92. The fraction of sp³-hybridized carbons (Fsp3) is 0.267. The maximum Gasteiger partial charge on any atom is 0.150 e. The van der Waals surface area contributed by atoms with Gasteiger partial charge in [0.25, 0.3) is 0 Å². The normalized spacial score (nSPS) is 10.3. The lowest BCUT2D eigenvalue weighted by molar-refractivity contribution is 0.112. The van der Waals surface area contributed by atoms with Gasteiger partial charge in [-0.05, 0) is 49.1 Å². The molecule has 1 aromatic carbocycles. The average molecular weight is 259 g/mol. The van der Waals surface area contributed by atoms with Crippen LogP contribution in [0.5, 0.6) is 0 Å². The second kappa shape index (κ2) is 5.83. The van der Waals surface area contributed by atoms with Crippen molar-refractivity contribution >= 4 is 23.3 Å². The van der Waals surface area contributed by atoms with Crippen molar-refractivity contribution in [2.45, 2.75) is 20.4 Å². The monoisotopic (exact) mass is 259 g/mol. The molecule has 0 spiro atoms. The molecule has 0 aliphatic carbocycles. The average Bonchev–Trinajstić information content (AvgIpc) is 2.88. The predicted octanol–water partition coefficient (Wildman–Crippen LogP) is 3.90. The molecule has 2 rings (SSSR count). The summed E-state index contributed by atoms with van der Waals surface area (Å²) < 4.78 is 0. The molecule has 0 bridgehead atoms. The van der Waals surface area contributed by atoms with Gasteiger partial charge in [-0.3, -0.25) is 4.79 Å². The zero-order chi connectivity index (χ0) is 13.0. The van der Waals surface area contributed by atoms with E-state index in [-0.39, 0.29) is 0 Å². The van der Waals surface area contributed by atoms with Crippen molar-refractivity contribution in [2.24, 2.45) is 0 Å². The SMILES string of the molecule is CCN(Cc1cccs1)c1ccc(C=O)c(C)c1. The number of carbonyl (C=O) groups is 1. The minimum atomic E-state index is 0.769. The van der Waals surface area contributed by atoms with Crippen LogP contribution in [0.25, 0.3) is 0 Å². The van der Waals surface area contributed by atoms with Crippen molar-refractivity contribution in [3.63, 3.8) is 0 Å². The first kappa shape index (κ1) is 12.8. The van der Waals surface area contributed by atoms with Crippen LogP contribution in [0.3, 0.4) is 0 Å². The molecular formula is C15H17NOS. The third-order valence-electron chi connectivity index (χ3n) is 3.05. The predicted molar refractivity (Wildman–Crippen MR) is 77.6 cm³/mol. The number of benzene rings is 1. The lowest BCUT2D eigenvalue weighted by atomic mass is 10.1. The van der Waals surface area contributed by atoms with Gasteiger partial charge in [0.2, 0.25) is 0 Å². The van der Waals surface area contributed by atoms with Gasteiger partial charge in [-0.15, -0.1) is 11.3 Å². The van der Waals surface area contributed by atoms with Gasteiger partial charge in [-0.1, -0.05) is 6.07 Å². The van der Waals surface area contributed by atoms with Crippen LogP contribution in [-0.4, -0.2) is 12.8 Å². The Morgan fingerprint density at radius 1 is 1.33 bits per heavy atom. The quantitative estimate of drug-likeness (QED) is 0.759. The van der Waals surface area contributed by atoms with E-state index in [1.54, 1.807) is 11.3 Å². The first-order valence-electron chi connectivity index (χ1n) is 6.07. The molecule has 0 amide bonds. The summed E-state index contributed by atoms with van der Waals surface area (Å²) in [6, 6.07) is 10.2. The molecule has 0 N–H and O–H groups in total. The summed E-state index contributed by atoms with van der Waals surface area (Å²) in [4.78, 5) is 14.5. The molecule has 94 valence electrons. The van der Waals surface area contributed by atoms with Gasteiger partial charge in [0.05, 0.1) is 6.54 Å². The number of thiophene rings is 1. The fourth-order valence-corrected chi connectivity index (χ4v) is 2.68. The minimum absolute atomic E-state index is 0.769. The van der Waals surface area contributed by atoms with Crippen molar-refractivity contribution in [2.75, 3.05) is 11.4 Å². The van der Waals surface area contributed by atoms with Crippen molar-refractivity contribution in [1.29, 1.82) is 0 Å². The second-order valence-corrected chi connectivity index (χ2v) is 5.28. The van der Waals surface area contributed by atoms with Gasteiger partial charge >= 0.3 is 0 Å². The third kappa shape index (κ3) is 2.79. The maximum atomic E-state index is 10.8. The minimum Gasteiger partial charge on any atom is -0.367 e. The van der Waals surface area contributed by atoms with Crippen molar-refractivity contribution in [3.05, 3.63) is 51.7 Å². The summed E-state index contributed by atoms with van der Waals surface area (Å²) >= 11 is 1.78. The summed E-state index contributed by atoms with van der Waals surface area (Å²) in [5.74, 6) is 0. The Hall–Kier alpha value is -1.61. The number of nitrogens with zero attached hydrogens (tertiary/aromatic N) is 1. The van der Waals surface area contributed by atoms with Crippen LogP contribution in [0.1, 0.15) is 27.7 Å². The summed E-state index contributed by atoms with van der Waals surface area (Å²) in [6.07, 6.45) is 0.911. The van der Waals surface area contributed by atoms with Crippen molar-refractivity contribution < 1.29 is 4.79 Å². The van der Waals surface area contributed by atoms with E-state index < -0.39 is 0 Å². The number of anilines is 1. The molecule has 0 aliphatic heterocycles. The Kier molecular flexibility index (Phi) is 4.15. The highest BCUT2D eigenvalue weighted by Gasteiger charge is 2.07. The van der Waals surface area contributed by atoms with Gasteiger partial charge < -0.3 is 4.90 Å². The molecule has 0 unspecified atom stereocenters. The van der Waals surface area contributed by atoms with Crippen molar-refractivity contribution in [3.8, 4) is 0 Å². The van der Waals surface area contributed by atoms with Gasteiger partial charge in [0, 0.05) is 22.7 Å². The first-order valence-corrected chi connectivity index (χ1v) is 6.95. The molecule has 18 heavy (non-hydrogen) atoms. The molecule has 0 aliphatic rings. The van der Waals surface area contributed by atoms with Gasteiger partial charge in [-0.25, -0.2) is 0 Å². The van der Waals surface area contributed by atoms with Crippen LogP contribution in [0.4, 0.5) is 5.69 Å². The molecule has 0 atom stereocenters. The number of aryl methyl sites for hydroxylation is 1. The molecule has 0 radical (unpaired) electrons. The highest BCUT2D eigenvalue weighted by molar-refractivity contribution is 7.09. The molecule has 1 heterocycles. The Labute approximate surface area is 112 Å². The van der Waals surface area contributed by atoms with Crippen LogP contribution in [0.15, 0.2) is 35.7 Å². The van der Waals surface area contributed by atoms with Gasteiger partial charge in [0.1, 0.15) is 6.29 Å². The Balaban J connectivity index is 2.22. The largest absolute Gasteiger partial charge is 0.367 e. The molecule has 0 fully saturated rings. The summed E-state index contributed by atoms with van der Waals surface area (Å²) in [7, 11) is 0. The van der Waals surface area contributed by atoms with Crippen molar-refractivity contribution in [1.82, 2.24) is 0 Å². The molecule has 0 saturated carbocycles. The molecule has 2 aromatic rings. The smallest absolute Gasteiger partial charge is 0.150 e. The van der Waals surface area contributed by atoms with Crippen LogP contribution >= 0.6 is 11.3 Å². The van der Waals surface area contributed by atoms with Crippen LogP contribution in [0, 0.1) is 6.92 Å². The Morgan fingerprint density at radius 2 is 2.17 bits per heavy atom. The zero-order valence-corrected chi connectivity index (χ0v) is 11.5. The molecular weight excluding hydrogens is 242 g/mol. The van der Waals surface area contributed by atoms with E-state index in [1.165, 1.54) is 10.6 Å². The summed E-state index contributed by atoms with van der Waals surface area (Å²) in [5, 5.41) is 2.10. The lowest BCUT2D eigenvalue weighted by Crippen LogP contribution is -2.21. The number of rotatable bonds is 5. The molecule has 2 nitrogen and oxygen atoms in total. The van der Waals surface area contributed by atoms with E-state index in [4.69, 9.17) is 0 Å². The highest BCUT2D eigenvalue weighted by atomic mass is 32.1. The molecule has 0 saturated heterocycles. The van der Waals surface area contributed by atoms with E-state index in [1.807, 2.05) is 19.1 Å². The van der Waals surface area contributed by atoms with E-state index >= 15 is 0 Å². The van der Waals surface area contributed by atoms with E-state index in [0.717, 1.165) is 30.5 Å². The topological polar surface area (TPSA) is 20.3 Å². The first-order chi connectivity index (χ1) is 8.74. The van der Waals surface area contributed by atoms with Crippen LogP contribution in [-0.2, 0) is 6.54 Å². The Bertz CT molecular complexity index is 519. The van der Waals surface area contributed by atoms with Gasteiger partial charge in [-0.2, -0.15) is 0 Å². The zero-order valence-electron chi connectivity index (χ0n) is 10.7. The van der Waals surface area contributed by atoms with E-state index in [2.05, 4.69) is 35.4 Å². The van der Waals surface area contributed by atoms with E-state index in [9.17, 15) is 4.79 Å². The fourth-order valence-electron chi connectivity index (χ4n) is 1.97. The number of aldehydes is 1. The van der Waals surface area contributed by atoms with Crippen LogP contribution in [0.2, 0.25) is 0 Å². The lowest BCUT2D eigenvalue weighted by Gasteiger charge is -2.23. The second-order valence-electron chi connectivity index (χ2n) is 4.25. The maximum absolute atomic E-state index is 10.8. The number of carbonyl (C=O) groups excluding carboxylic acids is 1. The van der Waals surface area contributed by atoms with Crippen LogP contribution < -0.4 is 4.90 Å². The number of hydrogen-bond donors (Lipinski definition) is 0. The molecule has 3 heteroatoms. The van der Waals surface area contributed by atoms with Gasteiger partial charge in [0.15, 0.2) is 0 Å². The Morgan fingerprint density at radius 3 is 2.72 bits per heavy atom. The standard InChI is InChI=1S/C15H17NOS/c1-3-16(10-15-5-4-8-18-15)14-7-6-13(11-17)12(2)9-14/h4-9,11H,3,10H2,1-2H3. The summed E-state index contributed by atoms with van der Waals surface area (Å²) in [6.45, 7) is 6.01.